The lowest BCUT2D eigenvalue weighted by molar-refractivity contribution is -0.127. The number of rotatable bonds is 3. The lowest BCUT2D eigenvalue weighted by Gasteiger charge is -2.25. The molecular formula is C12H19N3O. The number of amides is 1. The zero-order chi connectivity index (χ0) is 11.6. The minimum atomic E-state index is 0.153. The van der Waals surface area contributed by atoms with Crippen LogP contribution in [0.3, 0.4) is 0 Å². The summed E-state index contributed by atoms with van der Waals surface area (Å²) in [7, 11) is 0. The van der Waals surface area contributed by atoms with Gasteiger partial charge in [0.15, 0.2) is 0 Å². The summed E-state index contributed by atoms with van der Waals surface area (Å²) < 4.78 is 0. The van der Waals surface area contributed by atoms with Crippen LogP contribution in [0.1, 0.15) is 38.7 Å². The van der Waals surface area contributed by atoms with Crippen LogP contribution in [0.5, 0.6) is 0 Å². The highest BCUT2D eigenvalue weighted by Gasteiger charge is 2.38. The molecule has 0 bridgehead atoms. The number of carbonyl (C=O) groups excluding carboxylic acids is 1. The summed E-state index contributed by atoms with van der Waals surface area (Å²) in [6.07, 6.45) is 6.87. The highest BCUT2D eigenvalue weighted by Crippen LogP contribution is 2.42. The molecule has 0 saturated heterocycles. The second-order valence-electron chi connectivity index (χ2n) is 5.26. The second kappa shape index (κ2) is 4.28. The van der Waals surface area contributed by atoms with Crippen molar-refractivity contribution >= 4 is 5.91 Å². The average molecular weight is 221 g/mol. The normalized spacial score (nSPS) is 23.2. The third-order valence-corrected chi connectivity index (χ3v) is 3.60. The van der Waals surface area contributed by atoms with E-state index in [-0.39, 0.29) is 17.2 Å². The lowest BCUT2D eigenvalue weighted by atomic mass is 9.81. The van der Waals surface area contributed by atoms with Gasteiger partial charge in [-0.2, -0.15) is 5.10 Å². The molecular weight excluding hydrogens is 202 g/mol. The summed E-state index contributed by atoms with van der Waals surface area (Å²) in [5.74, 6) is 0.350. The summed E-state index contributed by atoms with van der Waals surface area (Å²) in [4.78, 5) is 12.0. The number of H-pyrrole nitrogens is 1. The third-order valence-electron chi connectivity index (χ3n) is 3.60. The fourth-order valence-corrected chi connectivity index (χ4v) is 2.50. The first kappa shape index (κ1) is 11.2. The minimum absolute atomic E-state index is 0.153. The van der Waals surface area contributed by atoms with Crippen LogP contribution in [-0.4, -0.2) is 16.1 Å². The first-order valence-electron chi connectivity index (χ1n) is 5.85. The summed E-state index contributed by atoms with van der Waals surface area (Å²) in [6, 6.07) is 0. The summed E-state index contributed by atoms with van der Waals surface area (Å²) >= 11 is 0. The second-order valence-corrected chi connectivity index (χ2v) is 5.26. The molecule has 4 nitrogen and oxygen atoms in total. The van der Waals surface area contributed by atoms with Crippen molar-refractivity contribution < 1.29 is 4.79 Å². The maximum Gasteiger partial charge on any atom is 0.223 e. The van der Waals surface area contributed by atoms with Gasteiger partial charge in [-0.3, -0.25) is 9.89 Å². The minimum Gasteiger partial charge on any atom is -0.352 e. The van der Waals surface area contributed by atoms with Crippen molar-refractivity contribution in [2.45, 2.75) is 39.7 Å². The van der Waals surface area contributed by atoms with Crippen molar-refractivity contribution in [3.8, 4) is 0 Å². The molecule has 0 radical (unpaired) electrons. The Kier molecular flexibility index (Phi) is 2.99. The molecule has 1 saturated carbocycles. The van der Waals surface area contributed by atoms with Crippen LogP contribution < -0.4 is 5.32 Å². The molecule has 4 heteroatoms. The number of carbonyl (C=O) groups is 1. The molecule has 1 atom stereocenters. The van der Waals surface area contributed by atoms with Crippen LogP contribution in [0, 0.1) is 11.3 Å². The Morgan fingerprint density at radius 1 is 1.69 bits per heavy atom. The van der Waals surface area contributed by atoms with Crippen molar-refractivity contribution in [1.82, 2.24) is 15.5 Å². The van der Waals surface area contributed by atoms with E-state index in [0.29, 0.717) is 6.54 Å². The maximum absolute atomic E-state index is 12.0. The first-order valence-corrected chi connectivity index (χ1v) is 5.85. The van der Waals surface area contributed by atoms with Crippen molar-refractivity contribution in [1.29, 1.82) is 0 Å². The standard InChI is InChI=1S/C12H19N3O/c1-12(2)5-3-4-10(12)11(16)13-6-9-7-14-15-8-9/h7-8,10H,3-6H2,1-2H3,(H,13,16)(H,14,15). The Hall–Kier alpha value is -1.32. The lowest BCUT2D eigenvalue weighted by Crippen LogP contribution is -2.35. The Labute approximate surface area is 95.8 Å². The molecule has 1 aliphatic rings. The van der Waals surface area contributed by atoms with E-state index in [0.717, 1.165) is 24.8 Å². The summed E-state index contributed by atoms with van der Waals surface area (Å²) in [5.41, 5.74) is 1.17. The molecule has 1 aliphatic carbocycles. The highest BCUT2D eigenvalue weighted by molar-refractivity contribution is 5.79. The third kappa shape index (κ3) is 2.26. The topological polar surface area (TPSA) is 57.8 Å². The molecule has 2 rings (SSSR count). The number of hydrogen-bond donors (Lipinski definition) is 2. The van der Waals surface area contributed by atoms with Gasteiger partial charge in [-0.15, -0.1) is 0 Å². The Morgan fingerprint density at radius 2 is 2.50 bits per heavy atom. The number of hydrogen-bond acceptors (Lipinski definition) is 2. The van der Waals surface area contributed by atoms with Gasteiger partial charge in [0.2, 0.25) is 5.91 Å². The SMILES string of the molecule is CC1(C)CCCC1C(=O)NCc1cn[nH]c1. The fourth-order valence-electron chi connectivity index (χ4n) is 2.50. The first-order chi connectivity index (χ1) is 7.59. The van der Waals surface area contributed by atoms with Crippen LogP contribution in [0.15, 0.2) is 12.4 Å². The molecule has 0 aliphatic heterocycles. The van der Waals surface area contributed by atoms with Gasteiger partial charge in [-0.05, 0) is 18.3 Å². The molecule has 16 heavy (non-hydrogen) atoms. The molecule has 1 aromatic rings. The zero-order valence-corrected chi connectivity index (χ0v) is 9.92. The van der Waals surface area contributed by atoms with Gasteiger partial charge in [-0.1, -0.05) is 20.3 Å². The molecule has 1 fully saturated rings. The predicted octanol–water partition coefficient (Wildman–Crippen LogP) is 1.85. The van der Waals surface area contributed by atoms with Gasteiger partial charge in [0.25, 0.3) is 0 Å². The zero-order valence-electron chi connectivity index (χ0n) is 9.92. The Morgan fingerprint density at radius 3 is 3.06 bits per heavy atom. The number of aromatic amines is 1. The van der Waals surface area contributed by atoms with Crippen LogP contribution in [0.25, 0.3) is 0 Å². The predicted molar refractivity (Wildman–Crippen MR) is 61.6 cm³/mol. The molecule has 1 unspecified atom stereocenters. The smallest absolute Gasteiger partial charge is 0.223 e. The van der Waals surface area contributed by atoms with Crippen molar-refractivity contribution in [2.75, 3.05) is 0 Å². The van der Waals surface area contributed by atoms with E-state index < -0.39 is 0 Å². The molecule has 0 aromatic carbocycles. The van der Waals surface area contributed by atoms with Gasteiger partial charge >= 0.3 is 0 Å². The van der Waals surface area contributed by atoms with E-state index in [1.807, 2.05) is 0 Å². The van der Waals surface area contributed by atoms with E-state index in [1.54, 1.807) is 12.4 Å². The molecule has 2 N–H and O–H groups in total. The van der Waals surface area contributed by atoms with Crippen LogP contribution in [0.4, 0.5) is 0 Å². The van der Waals surface area contributed by atoms with Crippen molar-refractivity contribution in [3.05, 3.63) is 18.0 Å². The quantitative estimate of drug-likeness (QED) is 0.818. The average Bonchev–Trinajstić information content (AvgIpc) is 2.83. The van der Waals surface area contributed by atoms with Crippen molar-refractivity contribution in [2.24, 2.45) is 11.3 Å². The Balaban J connectivity index is 1.89. The van der Waals surface area contributed by atoms with Crippen LogP contribution in [0.2, 0.25) is 0 Å². The summed E-state index contributed by atoms with van der Waals surface area (Å²) in [6.45, 7) is 4.94. The van der Waals surface area contributed by atoms with Gasteiger partial charge in [0.05, 0.1) is 6.20 Å². The number of nitrogens with one attached hydrogen (secondary N) is 2. The Bertz CT molecular complexity index is 356. The highest BCUT2D eigenvalue weighted by atomic mass is 16.1. The molecule has 88 valence electrons. The number of aromatic nitrogens is 2. The van der Waals surface area contributed by atoms with E-state index in [9.17, 15) is 4.79 Å². The molecule has 1 aromatic heterocycles. The van der Waals surface area contributed by atoms with Crippen LogP contribution in [-0.2, 0) is 11.3 Å². The van der Waals surface area contributed by atoms with E-state index in [2.05, 4.69) is 29.4 Å². The molecule has 0 spiro atoms. The van der Waals surface area contributed by atoms with Gasteiger partial charge in [0.1, 0.15) is 0 Å². The monoisotopic (exact) mass is 221 g/mol. The summed E-state index contributed by atoms with van der Waals surface area (Å²) in [5, 5.41) is 9.57. The van der Waals surface area contributed by atoms with Gasteiger partial charge < -0.3 is 5.32 Å². The van der Waals surface area contributed by atoms with E-state index in [4.69, 9.17) is 0 Å². The molecule has 1 heterocycles. The molecule has 1 amide bonds. The van der Waals surface area contributed by atoms with Crippen LogP contribution >= 0.6 is 0 Å². The number of nitrogens with zero attached hydrogens (tertiary/aromatic N) is 1. The van der Waals surface area contributed by atoms with E-state index in [1.165, 1.54) is 0 Å². The largest absolute Gasteiger partial charge is 0.352 e. The van der Waals surface area contributed by atoms with Crippen molar-refractivity contribution in [3.63, 3.8) is 0 Å². The fraction of sp³-hybridized carbons (Fsp3) is 0.667. The van der Waals surface area contributed by atoms with E-state index >= 15 is 0 Å². The van der Waals surface area contributed by atoms with Gasteiger partial charge in [0, 0.05) is 24.2 Å². The van der Waals surface area contributed by atoms with Gasteiger partial charge in [-0.25, -0.2) is 0 Å². The maximum atomic E-state index is 12.0.